The molecule has 152 valence electrons. The predicted molar refractivity (Wildman–Crippen MR) is 107 cm³/mol. The summed E-state index contributed by atoms with van der Waals surface area (Å²) < 4.78 is 15.8. The Kier molecular flexibility index (Phi) is 7.53. The molecule has 1 atom stereocenters. The van der Waals surface area contributed by atoms with Gasteiger partial charge in [0.05, 0.1) is 19.4 Å². The molecule has 2 rings (SSSR count). The van der Waals surface area contributed by atoms with Crippen LogP contribution in [0.3, 0.4) is 0 Å². The summed E-state index contributed by atoms with van der Waals surface area (Å²) in [7, 11) is 4.73. The fourth-order valence-corrected chi connectivity index (χ4v) is 2.51. The summed E-state index contributed by atoms with van der Waals surface area (Å²) in [6.45, 7) is 4.44. The van der Waals surface area contributed by atoms with Gasteiger partial charge in [-0.2, -0.15) is 4.98 Å². The molecule has 0 saturated heterocycles. The number of carbonyl (C=O) groups is 1. The van der Waals surface area contributed by atoms with Crippen LogP contribution in [0.25, 0.3) is 0 Å². The number of nitrogens with zero attached hydrogens (tertiary/aromatic N) is 3. The van der Waals surface area contributed by atoms with Crippen LogP contribution in [0.1, 0.15) is 13.8 Å². The molecule has 0 fully saturated rings. The summed E-state index contributed by atoms with van der Waals surface area (Å²) in [6, 6.07) is 8.49. The Bertz CT molecular complexity index is 771. The molecule has 2 aromatic rings. The Morgan fingerprint density at radius 2 is 1.89 bits per heavy atom. The summed E-state index contributed by atoms with van der Waals surface area (Å²) in [6.07, 6.45) is 1.57. The molecule has 0 saturated carbocycles. The second-order valence-electron chi connectivity index (χ2n) is 6.10. The SMILES string of the molecule is CCNC(=O)N(c1ccc(OC)cc1)c1ccnc(N[C@@](C)(COC)OC)n1. The molecule has 1 aromatic carbocycles. The highest BCUT2D eigenvalue weighted by molar-refractivity contribution is 5.98. The minimum Gasteiger partial charge on any atom is -0.497 e. The van der Waals surface area contributed by atoms with Crippen LogP contribution >= 0.6 is 0 Å². The maximum absolute atomic E-state index is 12.7. The second kappa shape index (κ2) is 9.86. The van der Waals surface area contributed by atoms with E-state index in [-0.39, 0.29) is 12.6 Å². The van der Waals surface area contributed by atoms with Crippen molar-refractivity contribution in [1.29, 1.82) is 0 Å². The Morgan fingerprint density at radius 1 is 1.18 bits per heavy atom. The van der Waals surface area contributed by atoms with Crippen molar-refractivity contribution in [3.8, 4) is 5.75 Å². The van der Waals surface area contributed by atoms with Crippen molar-refractivity contribution in [3.05, 3.63) is 36.5 Å². The van der Waals surface area contributed by atoms with Gasteiger partial charge in [0.2, 0.25) is 5.95 Å². The van der Waals surface area contributed by atoms with Crippen molar-refractivity contribution >= 4 is 23.5 Å². The summed E-state index contributed by atoms with van der Waals surface area (Å²) in [4.78, 5) is 22.9. The predicted octanol–water partition coefficient (Wildman–Crippen LogP) is 2.77. The number of ether oxygens (including phenoxy) is 3. The van der Waals surface area contributed by atoms with Gasteiger partial charge in [-0.05, 0) is 38.1 Å². The van der Waals surface area contributed by atoms with Crippen LogP contribution < -0.4 is 20.3 Å². The lowest BCUT2D eigenvalue weighted by Gasteiger charge is -2.29. The first kappa shape index (κ1) is 21.4. The van der Waals surface area contributed by atoms with E-state index in [2.05, 4.69) is 20.6 Å². The molecule has 1 heterocycles. The van der Waals surface area contributed by atoms with E-state index in [0.29, 0.717) is 29.7 Å². The Hall–Kier alpha value is -2.91. The number of rotatable bonds is 9. The molecule has 0 aliphatic carbocycles. The third kappa shape index (κ3) is 5.30. The number of nitrogens with one attached hydrogen (secondary N) is 2. The van der Waals surface area contributed by atoms with Gasteiger partial charge in [0.15, 0.2) is 5.72 Å². The quantitative estimate of drug-likeness (QED) is 0.636. The zero-order valence-electron chi connectivity index (χ0n) is 16.9. The van der Waals surface area contributed by atoms with E-state index in [1.54, 1.807) is 57.9 Å². The number of methoxy groups -OCH3 is 3. The highest BCUT2D eigenvalue weighted by Gasteiger charge is 2.25. The van der Waals surface area contributed by atoms with Gasteiger partial charge in [0.1, 0.15) is 11.6 Å². The highest BCUT2D eigenvalue weighted by Crippen LogP contribution is 2.27. The molecule has 0 aliphatic heterocycles. The summed E-state index contributed by atoms with van der Waals surface area (Å²) in [5, 5.41) is 5.89. The van der Waals surface area contributed by atoms with Gasteiger partial charge in [-0.3, -0.25) is 0 Å². The monoisotopic (exact) mass is 389 g/mol. The molecule has 9 nitrogen and oxygen atoms in total. The van der Waals surface area contributed by atoms with Crippen molar-refractivity contribution in [2.45, 2.75) is 19.6 Å². The fraction of sp³-hybridized carbons (Fsp3) is 0.421. The van der Waals surface area contributed by atoms with Gasteiger partial charge < -0.3 is 24.8 Å². The topological polar surface area (TPSA) is 97.8 Å². The normalized spacial score (nSPS) is 12.8. The number of hydrogen-bond donors (Lipinski definition) is 2. The zero-order chi connectivity index (χ0) is 20.6. The maximum atomic E-state index is 12.7. The maximum Gasteiger partial charge on any atom is 0.327 e. The molecule has 0 radical (unpaired) electrons. The van der Waals surface area contributed by atoms with Crippen LogP contribution in [0.2, 0.25) is 0 Å². The van der Waals surface area contributed by atoms with E-state index < -0.39 is 5.72 Å². The lowest BCUT2D eigenvalue weighted by Crippen LogP contribution is -2.42. The molecule has 1 aromatic heterocycles. The summed E-state index contributed by atoms with van der Waals surface area (Å²) in [5.41, 5.74) is -0.174. The van der Waals surface area contributed by atoms with E-state index in [9.17, 15) is 4.79 Å². The van der Waals surface area contributed by atoms with Crippen LogP contribution in [-0.4, -0.2) is 56.2 Å². The summed E-state index contributed by atoms with van der Waals surface area (Å²) in [5.74, 6) is 1.41. The first-order valence-corrected chi connectivity index (χ1v) is 8.83. The molecule has 9 heteroatoms. The van der Waals surface area contributed by atoms with Crippen LogP contribution in [0.15, 0.2) is 36.5 Å². The minimum atomic E-state index is -0.815. The zero-order valence-corrected chi connectivity index (χ0v) is 16.9. The van der Waals surface area contributed by atoms with Crippen molar-refractivity contribution in [3.63, 3.8) is 0 Å². The van der Waals surface area contributed by atoms with Gasteiger partial charge >= 0.3 is 6.03 Å². The Morgan fingerprint density at radius 3 is 2.46 bits per heavy atom. The second-order valence-corrected chi connectivity index (χ2v) is 6.10. The number of anilines is 3. The molecule has 2 N–H and O–H groups in total. The van der Waals surface area contributed by atoms with Gasteiger partial charge in [-0.1, -0.05) is 0 Å². The number of benzene rings is 1. The van der Waals surface area contributed by atoms with E-state index in [1.165, 1.54) is 4.90 Å². The minimum absolute atomic E-state index is 0.287. The third-order valence-corrected chi connectivity index (χ3v) is 3.98. The van der Waals surface area contributed by atoms with Gasteiger partial charge in [-0.15, -0.1) is 0 Å². The van der Waals surface area contributed by atoms with Crippen LogP contribution in [0, 0.1) is 0 Å². The number of urea groups is 1. The van der Waals surface area contributed by atoms with E-state index in [0.717, 1.165) is 0 Å². The number of aromatic nitrogens is 2. The number of hydrogen-bond acceptors (Lipinski definition) is 7. The molecule has 0 aliphatic rings. The number of carbonyl (C=O) groups excluding carboxylic acids is 1. The molecule has 0 unspecified atom stereocenters. The largest absolute Gasteiger partial charge is 0.497 e. The lowest BCUT2D eigenvalue weighted by atomic mass is 10.2. The van der Waals surface area contributed by atoms with E-state index in [1.807, 2.05) is 13.8 Å². The first-order valence-electron chi connectivity index (χ1n) is 8.83. The van der Waals surface area contributed by atoms with Crippen LogP contribution in [0.4, 0.5) is 22.2 Å². The summed E-state index contributed by atoms with van der Waals surface area (Å²) >= 11 is 0. The van der Waals surface area contributed by atoms with Crippen LogP contribution in [0.5, 0.6) is 5.75 Å². The standard InChI is InChI=1S/C19H27N5O4/c1-6-20-18(25)24(14-7-9-15(27-4)10-8-14)16-11-12-21-17(22-16)23-19(2,28-5)13-26-3/h7-12H,6,13H2,1-5H3,(H,20,25)(H,21,22,23)/t19-/m1/s1. The van der Waals surface area contributed by atoms with Crippen molar-refractivity contribution in [1.82, 2.24) is 15.3 Å². The molecular formula is C19H27N5O4. The van der Waals surface area contributed by atoms with E-state index in [4.69, 9.17) is 14.2 Å². The average molecular weight is 389 g/mol. The Balaban J connectivity index is 2.38. The molecule has 0 spiro atoms. The number of amides is 2. The lowest BCUT2D eigenvalue weighted by molar-refractivity contribution is -0.0306. The van der Waals surface area contributed by atoms with Crippen molar-refractivity contribution in [2.24, 2.45) is 0 Å². The first-order chi connectivity index (χ1) is 13.5. The van der Waals surface area contributed by atoms with Crippen molar-refractivity contribution < 1.29 is 19.0 Å². The fourth-order valence-electron chi connectivity index (χ4n) is 2.51. The molecular weight excluding hydrogens is 362 g/mol. The van der Waals surface area contributed by atoms with Gasteiger partial charge in [-0.25, -0.2) is 14.7 Å². The molecule has 0 bridgehead atoms. The van der Waals surface area contributed by atoms with Gasteiger partial charge in [0.25, 0.3) is 0 Å². The molecule has 28 heavy (non-hydrogen) atoms. The third-order valence-electron chi connectivity index (χ3n) is 3.98. The van der Waals surface area contributed by atoms with Crippen molar-refractivity contribution in [2.75, 3.05) is 44.7 Å². The van der Waals surface area contributed by atoms with Gasteiger partial charge in [0, 0.05) is 33.0 Å². The average Bonchev–Trinajstić information content (AvgIpc) is 2.69. The molecule has 2 amide bonds. The Labute approximate surface area is 165 Å². The highest BCUT2D eigenvalue weighted by atomic mass is 16.5. The van der Waals surface area contributed by atoms with Crippen LogP contribution in [-0.2, 0) is 9.47 Å². The van der Waals surface area contributed by atoms with E-state index >= 15 is 0 Å². The smallest absolute Gasteiger partial charge is 0.327 e.